The Balaban J connectivity index is 2.75. The molecule has 1 N–H and O–H groups in total. The van der Waals surface area contributed by atoms with Crippen molar-refractivity contribution in [2.75, 3.05) is 13.2 Å². The number of hydrogen-bond acceptors (Lipinski definition) is 4. The molecule has 0 spiro atoms. The number of nitrogens with zero attached hydrogens (tertiary/aromatic N) is 2. The van der Waals surface area contributed by atoms with Crippen LogP contribution in [0, 0.1) is 0 Å². The molecule has 1 aromatic heterocycles. The average molecular weight is 269 g/mol. The van der Waals surface area contributed by atoms with Crippen LogP contribution in [0.3, 0.4) is 0 Å². The first kappa shape index (κ1) is 15.7. The normalized spacial score (nSPS) is 11.8. The van der Waals surface area contributed by atoms with Crippen LogP contribution in [0.25, 0.3) is 0 Å². The van der Waals surface area contributed by atoms with Crippen molar-refractivity contribution in [1.29, 1.82) is 0 Å². The van der Waals surface area contributed by atoms with E-state index in [1.54, 1.807) is 13.2 Å². The lowest BCUT2D eigenvalue weighted by atomic mass is 10.1. The van der Waals surface area contributed by atoms with Gasteiger partial charge in [0.15, 0.2) is 0 Å². The number of rotatable bonds is 6. The molecule has 0 aliphatic heterocycles. The molecule has 0 bridgehead atoms. The van der Waals surface area contributed by atoms with Gasteiger partial charge >= 0.3 is 5.69 Å². The molecule has 0 amide bonds. The third kappa shape index (κ3) is 4.04. The van der Waals surface area contributed by atoms with Gasteiger partial charge in [0.05, 0.1) is 5.60 Å². The Labute approximate surface area is 113 Å². The molecule has 0 saturated carbocycles. The summed E-state index contributed by atoms with van der Waals surface area (Å²) in [4.78, 5) is 23.4. The molecule has 0 unspecified atom stereocenters. The number of hydrogen-bond donors (Lipinski definition) is 1. The van der Waals surface area contributed by atoms with Crippen LogP contribution >= 0.6 is 0 Å². The molecule has 0 atom stereocenters. The summed E-state index contributed by atoms with van der Waals surface area (Å²) in [5.74, 6) is 0. The molecular weight excluding hydrogens is 246 g/mol. The predicted octanol–water partition coefficient (Wildman–Crippen LogP) is -0.0113. The van der Waals surface area contributed by atoms with Crippen LogP contribution in [0.1, 0.15) is 26.3 Å². The largest absolute Gasteiger partial charge is 0.375 e. The van der Waals surface area contributed by atoms with Gasteiger partial charge in [0.2, 0.25) is 0 Å². The van der Waals surface area contributed by atoms with Gasteiger partial charge in [0.25, 0.3) is 5.56 Å². The molecule has 1 rings (SSSR count). The Morgan fingerprint density at radius 3 is 2.53 bits per heavy atom. The highest BCUT2D eigenvalue weighted by molar-refractivity contribution is 5.05. The van der Waals surface area contributed by atoms with Gasteiger partial charge in [-0.2, -0.15) is 0 Å². The second kappa shape index (κ2) is 6.16. The Morgan fingerprint density at radius 1 is 1.32 bits per heavy atom. The van der Waals surface area contributed by atoms with Gasteiger partial charge < -0.3 is 14.6 Å². The van der Waals surface area contributed by atoms with Crippen LogP contribution in [-0.2, 0) is 25.4 Å². The van der Waals surface area contributed by atoms with Gasteiger partial charge in [0.1, 0.15) is 0 Å². The van der Waals surface area contributed by atoms with Gasteiger partial charge in [-0.3, -0.25) is 9.36 Å². The Kier molecular flexibility index (Phi) is 5.08. The summed E-state index contributed by atoms with van der Waals surface area (Å²) in [7, 11) is 3.12. The Bertz CT molecular complexity index is 543. The lowest BCUT2D eigenvalue weighted by Gasteiger charge is -2.25. The van der Waals surface area contributed by atoms with Crippen molar-refractivity contribution in [2.45, 2.75) is 32.9 Å². The smallest absolute Gasteiger partial charge is 0.330 e. The van der Waals surface area contributed by atoms with Crippen LogP contribution < -0.4 is 16.6 Å². The van der Waals surface area contributed by atoms with Crippen LogP contribution in [0.4, 0.5) is 0 Å². The highest BCUT2D eigenvalue weighted by atomic mass is 16.5. The van der Waals surface area contributed by atoms with Crippen LogP contribution in [0.5, 0.6) is 0 Å². The third-order valence-electron chi connectivity index (χ3n) is 2.92. The van der Waals surface area contributed by atoms with E-state index in [2.05, 4.69) is 5.32 Å². The predicted molar refractivity (Wildman–Crippen MR) is 74.3 cm³/mol. The molecule has 0 aromatic carbocycles. The minimum atomic E-state index is -0.316. The lowest BCUT2D eigenvalue weighted by molar-refractivity contribution is -0.00900. The minimum Gasteiger partial charge on any atom is -0.375 e. The monoisotopic (exact) mass is 269 g/mol. The Morgan fingerprint density at radius 2 is 1.95 bits per heavy atom. The summed E-state index contributed by atoms with van der Waals surface area (Å²) in [5.41, 5.74) is -0.286. The van der Waals surface area contributed by atoms with E-state index in [9.17, 15) is 9.59 Å². The highest BCUT2D eigenvalue weighted by Crippen LogP contribution is 2.06. The van der Waals surface area contributed by atoms with E-state index in [4.69, 9.17) is 4.74 Å². The summed E-state index contributed by atoms with van der Waals surface area (Å²) < 4.78 is 8.09. The second-order valence-corrected chi connectivity index (χ2v) is 5.21. The van der Waals surface area contributed by atoms with Crippen molar-refractivity contribution in [3.8, 4) is 0 Å². The van der Waals surface area contributed by atoms with Gasteiger partial charge in [-0.1, -0.05) is 0 Å². The summed E-state index contributed by atoms with van der Waals surface area (Å²) in [5, 5.41) is 3.19. The van der Waals surface area contributed by atoms with Gasteiger partial charge in [-0.15, -0.1) is 0 Å². The number of aromatic nitrogens is 2. The summed E-state index contributed by atoms with van der Waals surface area (Å²) in [6.45, 7) is 7.62. The molecule has 0 fully saturated rings. The van der Waals surface area contributed by atoms with E-state index in [0.717, 1.165) is 4.57 Å². The first-order valence-corrected chi connectivity index (χ1v) is 6.38. The van der Waals surface area contributed by atoms with E-state index in [-0.39, 0.29) is 16.9 Å². The molecule has 6 heteroatoms. The first-order chi connectivity index (χ1) is 8.78. The number of nitrogens with one attached hydrogen (secondary N) is 1. The summed E-state index contributed by atoms with van der Waals surface area (Å²) in [6.07, 6.45) is 1.57. The fraction of sp³-hybridized carbons (Fsp3) is 0.692. The molecule has 1 heterocycles. The number of aryl methyl sites for hydroxylation is 1. The second-order valence-electron chi connectivity index (χ2n) is 5.21. The SMILES string of the molecule is CCOC(C)(C)CNCc1cn(C)c(=O)n(C)c1=O. The molecule has 0 saturated heterocycles. The lowest BCUT2D eigenvalue weighted by Crippen LogP contribution is -2.41. The quantitative estimate of drug-likeness (QED) is 0.789. The first-order valence-electron chi connectivity index (χ1n) is 6.38. The van der Waals surface area contributed by atoms with Crippen molar-refractivity contribution in [1.82, 2.24) is 14.5 Å². The molecule has 0 aliphatic rings. The average Bonchev–Trinajstić information content (AvgIpc) is 2.32. The van der Waals surface area contributed by atoms with Crippen molar-refractivity contribution in [3.05, 3.63) is 32.6 Å². The highest BCUT2D eigenvalue weighted by Gasteiger charge is 2.17. The van der Waals surface area contributed by atoms with Crippen LogP contribution in [-0.4, -0.2) is 27.9 Å². The summed E-state index contributed by atoms with van der Waals surface area (Å²) >= 11 is 0. The van der Waals surface area contributed by atoms with Gasteiger partial charge in [-0.25, -0.2) is 4.79 Å². The number of ether oxygens (including phenoxy) is 1. The fourth-order valence-electron chi connectivity index (χ4n) is 1.94. The molecule has 0 aliphatic carbocycles. The maximum Gasteiger partial charge on any atom is 0.330 e. The van der Waals surface area contributed by atoms with Crippen LogP contribution in [0.15, 0.2) is 15.8 Å². The maximum absolute atomic E-state index is 11.9. The molecule has 108 valence electrons. The fourth-order valence-corrected chi connectivity index (χ4v) is 1.94. The van der Waals surface area contributed by atoms with Crippen molar-refractivity contribution < 1.29 is 4.74 Å². The van der Waals surface area contributed by atoms with Gasteiger partial charge in [-0.05, 0) is 20.8 Å². The van der Waals surface area contributed by atoms with E-state index in [1.165, 1.54) is 11.6 Å². The van der Waals surface area contributed by atoms with Crippen molar-refractivity contribution in [3.63, 3.8) is 0 Å². The Hall–Kier alpha value is -1.40. The zero-order chi connectivity index (χ0) is 14.6. The molecule has 19 heavy (non-hydrogen) atoms. The van der Waals surface area contributed by atoms with Gasteiger partial charge in [0, 0.05) is 45.6 Å². The van der Waals surface area contributed by atoms with Crippen LogP contribution in [0.2, 0.25) is 0 Å². The standard InChI is InChI=1S/C13H23N3O3/c1-6-19-13(2,3)9-14-7-10-8-15(4)12(18)16(5)11(10)17/h8,14H,6-7,9H2,1-5H3. The molecular formula is C13H23N3O3. The van der Waals surface area contributed by atoms with E-state index in [1.807, 2.05) is 20.8 Å². The van der Waals surface area contributed by atoms with E-state index < -0.39 is 0 Å². The van der Waals surface area contributed by atoms with Crippen molar-refractivity contribution >= 4 is 0 Å². The molecule has 6 nitrogen and oxygen atoms in total. The maximum atomic E-state index is 11.9. The van der Waals surface area contributed by atoms with Crippen molar-refractivity contribution in [2.24, 2.45) is 14.1 Å². The zero-order valence-corrected chi connectivity index (χ0v) is 12.3. The minimum absolute atomic E-state index is 0.259. The van der Waals surface area contributed by atoms with E-state index >= 15 is 0 Å². The zero-order valence-electron chi connectivity index (χ0n) is 12.3. The van der Waals surface area contributed by atoms with E-state index in [0.29, 0.717) is 25.3 Å². The summed E-state index contributed by atoms with van der Waals surface area (Å²) in [6, 6.07) is 0. The molecule has 0 radical (unpaired) electrons. The topological polar surface area (TPSA) is 65.3 Å². The third-order valence-corrected chi connectivity index (χ3v) is 2.92. The molecule has 1 aromatic rings.